The van der Waals surface area contributed by atoms with Crippen molar-refractivity contribution in [2.24, 2.45) is 0 Å². The largest absolute Gasteiger partial charge is 0.332 e. The second-order valence-electron chi connectivity index (χ2n) is 5.55. The number of rotatable bonds is 1. The summed E-state index contributed by atoms with van der Waals surface area (Å²) < 4.78 is 0. The average Bonchev–Trinajstić information content (AvgIpc) is 2.78. The van der Waals surface area contributed by atoms with Gasteiger partial charge in [-0.25, -0.2) is 9.69 Å². The Hall–Kier alpha value is -2.33. The van der Waals surface area contributed by atoms with Crippen LogP contribution in [0.4, 0.5) is 10.5 Å². The summed E-state index contributed by atoms with van der Waals surface area (Å²) in [6, 6.07) is 14.1. The molecule has 2 aliphatic rings. The first kappa shape index (κ1) is 13.3. The van der Waals surface area contributed by atoms with E-state index in [2.05, 4.69) is 0 Å². The summed E-state index contributed by atoms with van der Waals surface area (Å²) in [7, 11) is 0. The number of carbonyl (C=O) groups is 2. The molecule has 2 aromatic rings. The Balaban J connectivity index is 1.71. The van der Waals surface area contributed by atoms with Gasteiger partial charge in [0.1, 0.15) is 6.04 Å². The van der Waals surface area contributed by atoms with Crippen LogP contribution in [-0.2, 0) is 17.8 Å². The van der Waals surface area contributed by atoms with Gasteiger partial charge in [-0.2, -0.15) is 0 Å². The molecule has 0 aliphatic carbocycles. The lowest BCUT2D eigenvalue weighted by molar-refractivity contribution is -0.119. The lowest BCUT2D eigenvalue weighted by Crippen LogP contribution is -2.39. The van der Waals surface area contributed by atoms with Gasteiger partial charge in [-0.15, -0.1) is 0 Å². The lowest BCUT2D eigenvalue weighted by Gasteiger charge is -2.28. The number of anilines is 1. The average molecular weight is 313 g/mol. The van der Waals surface area contributed by atoms with Crippen molar-refractivity contribution in [2.45, 2.75) is 19.0 Å². The molecule has 1 fully saturated rings. The quantitative estimate of drug-likeness (QED) is 0.759. The zero-order chi connectivity index (χ0) is 15.3. The van der Waals surface area contributed by atoms with Crippen LogP contribution in [0.5, 0.6) is 0 Å². The van der Waals surface area contributed by atoms with E-state index in [4.69, 9.17) is 11.6 Å². The van der Waals surface area contributed by atoms with Crippen molar-refractivity contribution in [1.29, 1.82) is 0 Å². The zero-order valence-electron chi connectivity index (χ0n) is 11.7. The van der Waals surface area contributed by atoms with Gasteiger partial charge in [-0.3, -0.25) is 4.79 Å². The number of halogens is 1. The molecule has 4 nitrogen and oxygen atoms in total. The Morgan fingerprint density at radius 2 is 1.64 bits per heavy atom. The van der Waals surface area contributed by atoms with E-state index in [1.54, 1.807) is 29.2 Å². The molecule has 1 saturated heterocycles. The van der Waals surface area contributed by atoms with Crippen molar-refractivity contribution in [3.8, 4) is 0 Å². The number of nitrogens with zero attached hydrogens (tertiary/aromatic N) is 2. The number of carbonyl (C=O) groups excluding carboxylic acids is 2. The first-order valence-corrected chi connectivity index (χ1v) is 7.50. The molecule has 1 unspecified atom stereocenters. The summed E-state index contributed by atoms with van der Waals surface area (Å²) in [6.07, 6.45) is 0.574. The van der Waals surface area contributed by atoms with Gasteiger partial charge in [0.2, 0.25) is 0 Å². The van der Waals surface area contributed by atoms with E-state index < -0.39 is 6.04 Å². The lowest BCUT2D eigenvalue weighted by atomic mass is 9.95. The van der Waals surface area contributed by atoms with E-state index >= 15 is 0 Å². The standard InChI is InChI=1S/C17H13ClN2O2/c18-13-5-7-14(8-6-13)20-16(21)15-9-11-3-1-2-4-12(11)10-19(15)17(20)22/h1-8,15H,9-10H2. The topological polar surface area (TPSA) is 40.6 Å². The van der Waals surface area contributed by atoms with Crippen LogP contribution in [-0.4, -0.2) is 22.9 Å². The molecule has 1 atom stereocenters. The number of hydrogen-bond donors (Lipinski definition) is 0. The number of amides is 3. The summed E-state index contributed by atoms with van der Waals surface area (Å²) in [4.78, 5) is 28.2. The monoisotopic (exact) mass is 312 g/mol. The number of fused-ring (bicyclic) bond motifs is 2. The van der Waals surface area contributed by atoms with Crippen LogP contribution in [0.25, 0.3) is 0 Å². The van der Waals surface area contributed by atoms with E-state index in [9.17, 15) is 9.59 Å². The predicted molar refractivity (Wildman–Crippen MR) is 83.8 cm³/mol. The highest BCUT2D eigenvalue weighted by Crippen LogP contribution is 2.33. The molecule has 0 aromatic heterocycles. The third-order valence-corrected chi connectivity index (χ3v) is 4.53. The van der Waals surface area contributed by atoms with Gasteiger partial charge in [0.25, 0.3) is 5.91 Å². The number of imide groups is 1. The van der Waals surface area contributed by atoms with Gasteiger partial charge in [0, 0.05) is 18.0 Å². The molecule has 0 N–H and O–H groups in total. The smallest absolute Gasteiger partial charge is 0.307 e. The van der Waals surface area contributed by atoms with Crippen LogP contribution in [0.2, 0.25) is 5.02 Å². The molecule has 2 aliphatic heterocycles. The van der Waals surface area contributed by atoms with E-state index in [-0.39, 0.29) is 11.9 Å². The maximum Gasteiger partial charge on any atom is 0.332 e. The minimum Gasteiger partial charge on any atom is -0.307 e. The minimum atomic E-state index is -0.405. The van der Waals surface area contributed by atoms with Gasteiger partial charge >= 0.3 is 6.03 Å². The van der Waals surface area contributed by atoms with Gasteiger partial charge < -0.3 is 4.90 Å². The summed E-state index contributed by atoms with van der Waals surface area (Å²) >= 11 is 5.88. The number of urea groups is 1. The van der Waals surface area contributed by atoms with Crippen molar-refractivity contribution in [2.75, 3.05) is 4.90 Å². The molecule has 2 aromatic carbocycles. The Bertz CT molecular complexity index is 729. The molecule has 0 radical (unpaired) electrons. The maximum absolute atomic E-state index is 12.7. The number of benzene rings is 2. The van der Waals surface area contributed by atoms with Crippen LogP contribution >= 0.6 is 11.6 Å². The number of hydrogen-bond acceptors (Lipinski definition) is 2. The first-order chi connectivity index (χ1) is 10.6. The Labute approximate surface area is 132 Å². The molecular formula is C17H13ClN2O2. The molecule has 3 amide bonds. The fourth-order valence-corrected chi connectivity index (χ4v) is 3.27. The van der Waals surface area contributed by atoms with Gasteiger partial charge in [-0.1, -0.05) is 35.9 Å². The van der Waals surface area contributed by atoms with E-state index in [0.29, 0.717) is 23.7 Å². The Kier molecular flexibility index (Phi) is 2.94. The normalized spacial score (nSPS) is 20.1. The molecule has 0 bridgehead atoms. The predicted octanol–water partition coefficient (Wildman–Crippen LogP) is 3.23. The van der Waals surface area contributed by atoms with Crippen LogP contribution in [0.15, 0.2) is 48.5 Å². The second-order valence-corrected chi connectivity index (χ2v) is 5.99. The molecule has 5 heteroatoms. The van der Waals surface area contributed by atoms with Gasteiger partial charge in [-0.05, 0) is 35.4 Å². The van der Waals surface area contributed by atoms with Crippen molar-refractivity contribution >= 4 is 29.2 Å². The second kappa shape index (κ2) is 4.85. The summed E-state index contributed by atoms with van der Waals surface area (Å²) in [6.45, 7) is 0.482. The first-order valence-electron chi connectivity index (χ1n) is 7.12. The fraction of sp³-hybridized carbons (Fsp3) is 0.176. The maximum atomic E-state index is 12.7. The van der Waals surface area contributed by atoms with Crippen molar-refractivity contribution in [1.82, 2.24) is 4.90 Å². The highest BCUT2D eigenvalue weighted by atomic mass is 35.5. The molecule has 22 heavy (non-hydrogen) atoms. The van der Waals surface area contributed by atoms with Crippen LogP contribution in [0.3, 0.4) is 0 Å². The van der Waals surface area contributed by atoms with Crippen molar-refractivity contribution in [3.63, 3.8) is 0 Å². The van der Waals surface area contributed by atoms with Crippen molar-refractivity contribution in [3.05, 3.63) is 64.7 Å². The molecule has 0 saturated carbocycles. The van der Waals surface area contributed by atoms with Crippen LogP contribution < -0.4 is 4.90 Å². The molecule has 4 rings (SSSR count). The van der Waals surface area contributed by atoms with Gasteiger partial charge in [0.05, 0.1) is 5.69 Å². The van der Waals surface area contributed by atoms with Crippen molar-refractivity contribution < 1.29 is 9.59 Å². The third kappa shape index (κ3) is 1.91. The molecule has 0 spiro atoms. The highest BCUT2D eigenvalue weighted by Gasteiger charge is 2.47. The minimum absolute atomic E-state index is 0.165. The summed E-state index contributed by atoms with van der Waals surface area (Å²) in [5.41, 5.74) is 2.82. The molecule has 110 valence electrons. The SMILES string of the molecule is O=C1C2Cc3ccccc3CN2C(=O)N1c1ccc(Cl)cc1. The summed E-state index contributed by atoms with van der Waals surface area (Å²) in [5, 5.41) is 0.577. The third-order valence-electron chi connectivity index (χ3n) is 4.28. The van der Waals surface area contributed by atoms with E-state index in [1.165, 1.54) is 4.90 Å². The Morgan fingerprint density at radius 1 is 0.955 bits per heavy atom. The summed E-state index contributed by atoms with van der Waals surface area (Å²) in [5.74, 6) is -0.165. The Morgan fingerprint density at radius 3 is 2.36 bits per heavy atom. The molecule has 2 heterocycles. The van der Waals surface area contributed by atoms with E-state index in [0.717, 1.165) is 11.1 Å². The van der Waals surface area contributed by atoms with E-state index in [1.807, 2.05) is 24.3 Å². The van der Waals surface area contributed by atoms with Crippen LogP contribution in [0, 0.1) is 0 Å². The van der Waals surface area contributed by atoms with Gasteiger partial charge in [0.15, 0.2) is 0 Å². The zero-order valence-corrected chi connectivity index (χ0v) is 12.5. The molecular weight excluding hydrogens is 300 g/mol. The highest BCUT2D eigenvalue weighted by molar-refractivity contribution is 6.30. The fourth-order valence-electron chi connectivity index (χ4n) is 3.14. The van der Waals surface area contributed by atoms with Crippen LogP contribution in [0.1, 0.15) is 11.1 Å².